The fraction of sp³-hybridized carbons (Fsp3) is 0.304. The number of hydrogen-bond acceptors (Lipinski definition) is 6. The summed E-state index contributed by atoms with van der Waals surface area (Å²) in [6.07, 6.45) is 0.334. The van der Waals surface area contributed by atoms with Crippen LogP contribution in [-0.2, 0) is 4.74 Å². The lowest BCUT2D eigenvalue weighted by molar-refractivity contribution is -0.00521. The maximum Gasteiger partial charge on any atom is 0.261 e. The Hall–Kier alpha value is -3.52. The van der Waals surface area contributed by atoms with Crippen LogP contribution in [0.25, 0.3) is 33.3 Å². The van der Waals surface area contributed by atoms with E-state index in [-0.39, 0.29) is 17.8 Å². The summed E-state index contributed by atoms with van der Waals surface area (Å²) in [5.74, 6) is 1.03. The minimum atomic E-state index is -0.298. The summed E-state index contributed by atoms with van der Waals surface area (Å²) in [5.41, 5.74) is 10.1. The van der Waals surface area contributed by atoms with Gasteiger partial charge >= 0.3 is 0 Å². The Kier molecular flexibility index (Phi) is 4.59. The van der Waals surface area contributed by atoms with Crippen LogP contribution < -0.4 is 20.9 Å². The highest BCUT2D eigenvalue weighted by Gasteiger charge is 2.23. The van der Waals surface area contributed by atoms with Crippen LogP contribution in [0.15, 0.2) is 41.2 Å². The molecule has 0 saturated carbocycles. The molecule has 2 aromatic heterocycles. The van der Waals surface area contributed by atoms with Crippen LogP contribution in [0.2, 0.25) is 0 Å². The predicted molar refractivity (Wildman–Crippen MR) is 123 cm³/mol. The normalized spacial score (nSPS) is 19.3. The minimum absolute atomic E-state index is 0.167. The smallest absolute Gasteiger partial charge is 0.261 e. The molecule has 1 saturated heterocycles. The van der Waals surface area contributed by atoms with E-state index in [1.165, 1.54) is 0 Å². The van der Waals surface area contributed by atoms with Gasteiger partial charge in [-0.05, 0) is 44.2 Å². The Balaban J connectivity index is 1.61. The number of benzene rings is 2. The van der Waals surface area contributed by atoms with E-state index in [1.807, 2.05) is 24.3 Å². The molecule has 5 rings (SSSR count). The van der Waals surface area contributed by atoms with Gasteiger partial charge in [0.25, 0.3) is 5.56 Å². The quantitative estimate of drug-likeness (QED) is 0.470. The average molecular weight is 419 g/mol. The van der Waals surface area contributed by atoms with Gasteiger partial charge in [-0.3, -0.25) is 4.79 Å². The number of hydrogen-bond donors (Lipinski definition) is 3. The van der Waals surface area contributed by atoms with E-state index in [1.54, 1.807) is 13.2 Å². The number of morpholine rings is 1. The summed E-state index contributed by atoms with van der Waals surface area (Å²) in [6, 6.07) is 11.5. The molecule has 2 aromatic carbocycles. The molecule has 8 nitrogen and oxygen atoms in total. The van der Waals surface area contributed by atoms with Crippen LogP contribution in [0.4, 0.5) is 11.4 Å². The Morgan fingerprint density at radius 1 is 1.13 bits per heavy atom. The zero-order valence-corrected chi connectivity index (χ0v) is 17.7. The van der Waals surface area contributed by atoms with E-state index in [9.17, 15) is 4.79 Å². The van der Waals surface area contributed by atoms with Gasteiger partial charge in [0.1, 0.15) is 17.1 Å². The molecule has 0 unspecified atom stereocenters. The Bertz CT molecular complexity index is 1330. The second-order valence-electron chi connectivity index (χ2n) is 8.07. The zero-order valence-electron chi connectivity index (χ0n) is 17.7. The second kappa shape index (κ2) is 7.31. The summed E-state index contributed by atoms with van der Waals surface area (Å²) in [6.45, 7) is 5.81. The van der Waals surface area contributed by atoms with Crippen molar-refractivity contribution in [2.24, 2.45) is 0 Å². The minimum Gasteiger partial charge on any atom is -0.496 e. The molecule has 8 heteroatoms. The number of nitrogens with two attached hydrogens (primary N) is 1. The summed E-state index contributed by atoms with van der Waals surface area (Å²) in [4.78, 5) is 26.0. The molecule has 3 heterocycles. The first-order valence-corrected chi connectivity index (χ1v) is 10.3. The van der Waals surface area contributed by atoms with Crippen molar-refractivity contribution in [2.45, 2.75) is 26.1 Å². The van der Waals surface area contributed by atoms with E-state index >= 15 is 0 Å². The standard InChI is InChI=1S/C23H25N5O3/c1-12-10-28(11-13(2)31-12)14-7-8-15-17(9-14)26-22(25-15)20-21(24)19-16(27-23(20)29)5-4-6-18(19)30-3/h4-9,12-13H,10-11H2,1-3H3,(H,25,26)(H3,24,27,29)/t12-,13+. The summed E-state index contributed by atoms with van der Waals surface area (Å²) >= 11 is 0. The predicted octanol–water partition coefficient (Wildman–Crippen LogP) is 3.28. The van der Waals surface area contributed by atoms with Gasteiger partial charge in [0, 0.05) is 18.8 Å². The lowest BCUT2D eigenvalue weighted by Gasteiger charge is -2.36. The number of nitrogens with zero attached hydrogens (tertiary/aromatic N) is 2. The molecule has 1 aliphatic rings. The average Bonchev–Trinajstić information content (AvgIpc) is 3.15. The SMILES string of the molecule is COc1cccc2[nH]c(=O)c(-c3nc4cc(N5C[C@@H](C)O[C@@H](C)C5)ccc4[nH]3)c(N)c12. The highest BCUT2D eigenvalue weighted by molar-refractivity contribution is 6.01. The fourth-order valence-corrected chi connectivity index (χ4v) is 4.45. The molecule has 2 atom stereocenters. The molecule has 1 aliphatic heterocycles. The van der Waals surface area contributed by atoms with Crippen molar-refractivity contribution in [1.29, 1.82) is 0 Å². The third-order valence-electron chi connectivity index (χ3n) is 5.75. The fourth-order valence-electron chi connectivity index (χ4n) is 4.45. The van der Waals surface area contributed by atoms with Gasteiger partial charge in [-0.1, -0.05) is 6.07 Å². The van der Waals surface area contributed by atoms with Gasteiger partial charge in [-0.15, -0.1) is 0 Å². The number of ether oxygens (including phenoxy) is 2. The monoisotopic (exact) mass is 419 g/mol. The van der Waals surface area contributed by atoms with Gasteiger partial charge in [0.2, 0.25) is 0 Å². The second-order valence-corrected chi connectivity index (χ2v) is 8.07. The molecule has 1 fully saturated rings. The first-order chi connectivity index (χ1) is 14.9. The van der Waals surface area contributed by atoms with Crippen LogP contribution in [-0.4, -0.2) is 47.4 Å². The number of imidazole rings is 1. The molecule has 0 radical (unpaired) electrons. The van der Waals surface area contributed by atoms with Crippen LogP contribution >= 0.6 is 0 Å². The number of aromatic amines is 2. The van der Waals surface area contributed by atoms with E-state index < -0.39 is 0 Å². The lowest BCUT2D eigenvalue weighted by Crippen LogP contribution is -2.45. The van der Waals surface area contributed by atoms with Crippen molar-refractivity contribution in [2.75, 3.05) is 30.8 Å². The topological polar surface area (TPSA) is 109 Å². The zero-order chi connectivity index (χ0) is 21.7. The molecule has 4 N–H and O–H groups in total. The molecule has 0 amide bonds. The number of nitrogen functional groups attached to an aromatic ring is 1. The first-order valence-electron chi connectivity index (χ1n) is 10.3. The van der Waals surface area contributed by atoms with E-state index in [0.29, 0.717) is 33.7 Å². The summed E-state index contributed by atoms with van der Waals surface area (Å²) < 4.78 is 11.3. The molecule has 0 spiro atoms. The highest BCUT2D eigenvalue weighted by Crippen LogP contribution is 2.34. The largest absolute Gasteiger partial charge is 0.496 e. The lowest BCUT2D eigenvalue weighted by atomic mass is 10.1. The number of H-pyrrole nitrogens is 2. The Morgan fingerprint density at radius 3 is 2.65 bits per heavy atom. The van der Waals surface area contributed by atoms with Gasteiger partial charge in [-0.25, -0.2) is 4.98 Å². The van der Waals surface area contributed by atoms with E-state index in [2.05, 4.69) is 34.8 Å². The number of methoxy groups -OCH3 is 1. The van der Waals surface area contributed by atoms with Gasteiger partial charge in [-0.2, -0.15) is 0 Å². The maximum atomic E-state index is 12.9. The van der Waals surface area contributed by atoms with Crippen molar-refractivity contribution < 1.29 is 9.47 Å². The maximum absolute atomic E-state index is 12.9. The van der Waals surface area contributed by atoms with Crippen molar-refractivity contribution >= 4 is 33.3 Å². The molecule has 0 aliphatic carbocycles. The third-order valence-corrected chi connectivity index (χ3v) is 5.75. The number of nitrogens with one attached hydrogen (secondary N) is 2. The number of anilines is 2. The summed E-state index contributed by atoms with van der Waals surface area (Å²) in [5, 5.41) is 0.664. The van der Waals surface area contributed by atoms with Crippen LogP contribution in [0.5, 0.6) is 5.75 Å². The number of aromatic nitrogens is 3. The molecule has 160 valence electrons. The van der Waals surface area contributed by atoms with Crippen LogP contribution in [0, 0.1) is 0 Å². The Labute approximate surface area is 179 Å². The van der Waals surface area contributed by atoms with Crippen LogP contribution in [0.1, 0.15) is 13.8 Å². The van der Waals surface area contributed by atoms with E-state index in [0.717, 1.165) is 29.8 Å². The van der Waals surface area contributed by atoms with Crippen molar-refractivity contribution in [3.05, 3.63) is 46.8 Å². The summed E-state index contributed by atoms with van der Waals surface area (Å²) in [7, 11) is 1.58. The number of rotatable bonds is 3. The van der Waals surface area contributed by atoms with Gasteiger partial charge < -0.3 is 30.1 Å². The number of pyridine rings is 1. The molecule has 0 bridgehead atoms. The molecular formula is C23H25N5O3. The molecular weight excluding hydrogens is 394 g/mol. The van der Waals surface area contributed by atoms with Gasteiger partial charge in [0.05, 0.1) is 46.9 Å². The van der Waals surface area contributed by atoms with Gasteiger partial charge in [0.15, 0.2) is 0 Å². The van der Waals surface area contributed by atoms with Crippen LogP contribution in [0.3, 0.4) is 0 Å². The van der Waals surface area contributed by atoms with Crippen molar-refractivity contribution in [3.8, 4) is 17.1 Å². The van der Waals surface area contributed by atoms with E-state index in [4.69, 9.17) is 20.2 Å². The Morgan fingerprint density at radius 2 is 1.90 bits per heavy atom. The van der Waals surface area contributed by atoms with Crippen molar-refractivity contribution in [3.63, 3.8) is 0 Å². The molecule has 31 heavy (non-hydrogen) atoms. The number of fused-ring (bicyclic) bond motifs is 2. The highest BCUT2D eigenvalue weighted by atomic mass is 16.5. The van der Waals surface area contributed by atoms with Crippen molar-refractivity contribution in [1.82, 2.24) is 15.0 Å². The molecule has 4 aromatic rings. The first kappa shape index (κ1) is 19.4. The third kappa shape index (κ3) is 3.29.